The molecule has 4 nitrogen and oxygen atoms in total. The summed E-state index contributed by atoms with van der Waals surface area (Å²) in [6.45, 7) is 2.06. The third-order valence-electron chi connectivity index (χ3n) is 2.07. The van der Waals surface area contributed by atoms with E-state index in [2.05, 4.69) is 4.74 Å². The van der Waals surface area contributed by atoms with Crippen molar-refractivity contribution in [2.45, 2.75) is 19.7 Å². The second kappa shape index (κ2) is 6.83. The van der Waals surface area contributed by atoms with E-state index in [0.717, 1.165) is 18.2 Å². The van der Waals surface area contributed by atoms with Crippen molar-refractivity contribution in [2.75, 3.05) is 6.61 Å². The van der Waals surface area contributed by atoms with Crippen molar-refractivity contribution in [3.63, 3.8) is 0 Å². The molecular weight excluding hydrogens is 277 g/mol. The zero-order valence-corrected chi connectivity index (χ0v) is 10.6. The standard InChI is InChI=1S/C13H13F3O4/c1-2-7-19-10-5-3-9(4-6-12(17)18)8-11(10)20-13(14,15)16/h3-6,8H,2,7H2,1H3,(H,17,18)/b6-4+. The van der Waals surface area contributed by atoms with Crippen molar-refractivity contribution < 1.29 is 32.5 Å². The Balaban J connectivity index is 3.04. The van der Waals surface area contributed by atoms with Crippen molar-refractivity contribution in [3.8, 4) is 11.5 Å². The van der Waals surface area contributed by atoms with E-state index in [1.165, 1.54) is 12.1 Å². The smallest absolute Gasteiger partial charge is 0.490 e. The average molecular weight is 290 g/mol. The van der Waals surface area contributed by atoms with Gasteiger partial charge in [0.15, 0.2) is 11.5 Å². The normalized spacial score (nSPS) is 11.6. The fourth-order valence-electron chi connectivity index (χ4n) is 1.33. The Kier molecular flexibility index (Phi) is 5.42. The minimum Gasteiger partial charge on any atom is -0.490 e. The number of carbonyl (C=O) groups is 1. The van der Waals surface area contributed by atoms with E-state index in [1.807, 2.05) is 6.92 Å². The molecule has 0 saturated heterocycles. The number of benzene rings is 1. The van der Waals surface area contributed by atoms with Crippen LogP contribution in [0.1, 0.15) is 18.9 Å². The first-order chi connectivity index (χ1) is 9.31. The van der Waals surface area contributed by atoms with Crippen LogP contribution in [0.15, 0.2) is 24.3 Å². The molecule has 1 rings (SSSR count). The largest absolute Gasteiger partial charge is 0.573 e. The first kappa shape index (κ1) is 15.9. The molecule has 0 bridgehead atoms. The third kappa shape index (κ3) is 5.64. The molecule has 0 unspecified atom stereocenters. The topological polar surface area (TPSA) is 55.8 Å². The van der Waals surface area contributed by atoms with E-state index < -0.39 is 18.1 Å². The fourth-order valence-corrected chi connectivity index (χ4v) is 1.33. The van der Waals surface area contributed by atoms with Gasteiger partial charge in [0.05, 0.1) is 6.61 Å². The molecule has 0 aliphatic heterocycles. The van der Waals surface area contributed by atoms with Crippen molar-refractivity contribution in [2.24, 2.45) is 0 Å². The fraction of sp³-hybridized carbons (Fsp3) is 0.308. The first-order valence-corrected chi connectivity index (χ1v) is 5.75. The lowest BCUT2D eigenvalue weighted by atomic mass is 10.2. The lowest BCUT2D eigenvalue weighted by Gasteiger charge is -2.14. The Bertz CT molecular complexity index is 495. The van der Waals surface area contributed by atoms with Crippen LogP contribution in [-0.2, 0) is 4.79 Å². The third-order valence-corrected chi connectivity index (χ3v) is 2.07. The van der Waals surface area contributed by atoms with Crippen LogP contribution in [0.25, 0.3) is 6.08 Å². The Morgan fingerprint density at radius 3 is 2.60 bits per heavy atom. The van der Waals surface area contributed by atoms with Gasteiger partial charge in [-0.1, -0.05) is 13.0 Å². The second-order valence-corrected chi connectivity index (χ2v) is 3.77. The number of alkyl halides is 3. The summed E-state index contributed by atoms with van der Waals surface area (Å²) in [4.78, 5) is 10.4. The minimum atomic E-state index is -4.85. The van der Waals surface area contributed by atoms with Crippen LogP contribution in [0, 0.1) is 0 Å². The Labute approximate surface area is 113 Å². The minimum absolute atomic E-state index is 0.0448. The molecule has 0 saturated carbocycles. The van der Waals surface area contributed by atoms with E-state index in [9.17, 15) is 18.0 Å². The van der Waals surface area contributed by atoms with E-state index in [4.69, 9.17) is 9.84 Å². The molecule has 0 radical (unpaired) electrons. The highest BCUT2D eigenvalue weighted by Crippen LogP contribution is 2.33. The quantitative estimate of drug-likeness (QED) is 0.815. The van der Waals surface area contributed by atoms with Crippen LogP contribution in [0.5, 0.6) is 11.5 Å². The summed E-state index contributed by atoms with van der Waals surface area (Å²) in [5.41, 5.74) is 0.260. The highest BCUT2D eigenvalue weighted by atomic mass is 19.4. The van der Waals surface area contributed by atoms with Crippen LogP contribution in [0.4, 0.5) is 13.2 Å². The Morgan fingerprint density at radius 1 is 1.35 bits per heavy atom. The van der Waals surface area contributed by atoms with E-state index >= 15 is 0 Å². The maximum absolute atomic E-state index is 12.3. The van der Waals surface area contributed by atoms with Crippen molar-refractivity contribution in [3.05, 3.63) is 29.8 Å². The number of rotatable bonds is 6. The van der Waals surface area contributed by atoms with Gasteiger partial charge in [0.2, 0.25) is 0 Å². The first-order valence-electron chi connectivity index (χ1n) is 5.75. The van der Waals surface area contributed by atoms with Gasteiger partial charge >= 0.3 is 12.3 Å². The maximum Gasteiger partial charge on any atom is 0.573 e. The number of aliphatic carboxylic acids is 1. The van der Waals surface area contributed by atoms with Gasteiger partial charge in [-0.2, -0.15) is 0 Å². The van der Waals surface area contributed by atoms with Crippen molar-refractivity contribution in [1.82, 2.24) is 0 Å². The molecule has 20 heavy (non-hydrogen) atoms. The summed E-state index contributed by atoms with van der Waals surface area (Å²) in [6, 6.07) is 3.81. The average Bonchev–Trinajstić information content (AvgIpc) is 2.33. The summed E-state index contributed by atoms with van der Waals surface area (Å²) in [5, 5.41) is 8.48. The number of carboxylic acid groups (broad SMARTS) is 1. The SMILES string of the molecule is CCCOc1ccc(/C=C/C(=O)O)cc1OC(F)(F)F. The predicted molar refractivity (Wildman–Crippen MR) is 65.6 cm³/mol. The molecule has 0 aliphatic carbocycles. The summed E-state index contributed by atoms with van der Waals surface area (Å²) in [7, 11) is 0. The molecular formula is C13H13F3O4. The monoisotopic (exact) mass is 290 g/mol. The van der Waals surface area contributed by atoms with Crippen molar-refractivity contribution >= 4 is 12.0 Å². The number of ether oxygens (including phenoxy) is 2. The van der Waals surface area contributed by atoms with Crippen LogP contribution in [0.2, 0.25) is 0 Å². The van der Waals surface area contributed by atoms with Gasteiger partial charge in [-0.15, -0.1) is 13.2 Å². The van der Waals surface area contributed by atoms with Crippen LogP contribution in [0.3, 0.4) is 0 Å². The van der Waals surface area contributed by atoms with E-state index in [-0.39, 0.29) is 17.9 Å². The highest BCUT2D eigenvalue weighted by Gasteiger charge is 2.32. The van der Waals surface area contributed by atoms with Gasteiger partial charge < -0.3 is 14.6 Å². The molecule has 1 aromatic rings. The summed E-state index contributed by atoms with van der Waals surface area (Å²) < 4.78 is 45.9. The maximum atomic E-state index is 12.3. The van der Waals surface area contributed by atoms with Crippen LogP contribution in [-0.4, -0.2) is 24.0 Å². The van der Waals surface area contributed by atoms with Crippen LogP contribution >= 0.6 is 0 Å². The molecule has 0 aromatic heterocycles. The molecule has 1 aromatic carbocycles. The highest BCUT2D eigenvalue weighted by molar-refractivity contribution is 5.85. The lowest BCUT2D eigenvalue weighted by Crippen LogP contribution is -2.18. The number of halogens is 3. The predicted octanol–water partition coefficient (Wildman–Crippen LogP) is 3.47. The van der Waals surface area contributed by atoms with Gasteiger partial charge in [-0.05, 0) is 30.2 Å². The molecule has 110 valence electrons. The molecule has 0 heterocycles. The number of hydrogen-bond acceptors (Lipinski definition) is 3. The van der Waals surface area contributed by atoms with Gasteiger partial charge in [-0.3, -0.25) is 0 Å². The van der Waals surface area contributed by atoms with Gasteiger partial charge in [0.25, 0.3) is 0 Å². The molecule has 7 heteroatoms. The number of carboxylic acids is 1. The van der Waals surface area contributed by atoms with Gasteiger partial charge in [0.1, 0.15) is 0 Å². The zero-order chi connectivity index (χ0) is 15.2. The molecule has 0 amide bonds. The molecule has 0 spiro atoms. The van der Waals surface area contributed by atoms with Gasteiger partial charge in [0, 0.05) is 6.08 Å². The summed E-state index contributed by atoms with van der Waals surface area (Å²) >= 11 is 0. The number of hydrogen-bond donors (Lipinski definition) is 1. The molecule has 1 N–H and O–H groups in total. The second-order valence-electron chi connectivity index (χ2n) is 3.77. The molecule has 0 aliphatic rings. The molecule has 0 fully saturated rings. The van der Waals surface area contributed by atoms with E-state index in [1.54, 1.807) is 0 Å². The Hall–Kier alpha value is -2.18. The van der Waals surface area contributed by atoms with Crippen LogP contribution < -0.4 is 9.47 Å². The Morgan fingerprint density at radius 2 is 2.05 bits per heavy atom. The van der Waals surface area contributed by atoms with Crippen molar-refractivity contribution in [1.29, 1.82) is 0 Å². The molecule has 0 atom stereocenters. The summed E-state index contributed by atoms with van der Waals surface area (Å²) in [6.07, 6.45) is -2.24. The van der Waals surface area contributed by atoms with E-state index in [0.29, 0.717) is 6.42 Å². The van der Waals surface area contributed by atoms with Gasteiger partial charge in [-0.25, -0.2) is 4.79 Å². The zero-order valence-electron chi connectivity index (χ0n) is 10.6. The lowest BCUT2D eigenvalue weighted by molar-refractivity contribution is -0.275. The summed E-state index contributed by atoms with van der Waals surface area (Å²) in [5.74, 6) is -1.75.